The average Bonchev–Trinajstić information content (AvgIpc) is 2.54. The Kier molecular flexibility index (Phi) is 3.50. The molecule has 0 radical (unpaired) electrons. The third-order valence-electron chi connectivity index (χ3n) is 2.44. The van der Waals surface area contributed by atoms with E-state index in [2.05, 4.69) is 31.9 Å². The van der Waals surface area contributed by atoms with Gasteiger partial charge in [-0.25, -0.2) is 0 Å². The Bertz CT molecular complexity index is 299. The quantitative estimate of drug-likeness (QED) is 0.778. The van der Waals surface area contributed by atoms with Crippen molar-refractivity contribution in [3.05, 3.63) is 27.1 Å². The first-order chi connectivity index (χ1) is 6.74. The topological polar surface area (TPSA) is 9.23 Å². The summed E-state index contributed by atoms with van der Waals surface area (Å²) < 4.78 is 7.99. The molecule has 0 atom stereocenters. The van der Waals surface area contributed by atoms with E-state index < -0.39 is 0 Å². The van der Waals surface area contributed by atoms with Crippen molar-refractivity contribution < 1.29 is 4.74 Å². The van der Waals surface area contributed by atoms with Crippen LogP contribution in [0.2, 0.25) is 0 Å². The first kappa shape index (κ1) is 10.5. The van der Waals surface area contributed by atoms with Crippen molar-refractivity contribution in [1.29, 1.82) is 0 Å². The zero-order valence-electron chi connectivity index (χ0n) is 7.80. The van der Waals surface area contributed by atoms with E-state index in [9.17, 15) is 0 Å². The van der Waals surface area contributed by atoms with Crippen molar-refractivity contribution in [2.45, 2.75) is 31.8 Å². The lowest BCUT2D eigenvalue weighted by atomic mass is 10.3. The minimum atomic E-state index is 0.427. The van der Waals surface area contributed by atoms with Crippen LogP contribution in [0.1, 0.15) is 25.7 Å². The summed E-state index contributed by atoms with van der Waals surface area (Å²) in [6.07, 6.45) is 5.43. The van der Waals surface area contributed by atoms with Gasteiger partial charge in [0.05, 0.1) is 6.10 Å². The van der Waals surface area contributed by atoms with Gasteiger partial charge in [-0.3, -0.25) is 0 Å². The molecule has 1 aliphatic rings. The zero-order valence-corrected chi connectivity index (χ0v) is 11.0. The fourth-order valence-corrected chi connectivity index (χ4v) is 3.05. The molecule has 0 saturated heterocycles. The van der Waals surface area contributed by atoms with Crippen LogP contribution in [0.5, 0.6) is 5.75 Å². The Morgan fingerprint density at radius 2 is 1.57 bits per heavy atom. The Morgan fingerprint density at radius 1 is 1.00 bits per heavy atom. The van der Waals surface area contributed by atoms with Crippen LogP contribution in [-0.2, 0) is 0 Å². The molecular formula is C11H12Br2O. The van der Waals surface area contributed by atoms with E-state index in [0.29, 0.717) is 6.10 Å². The number of hydrogen-bond donors (Lipinski definition) is 0. The van der Waals surface area contributed by atoms with E-state index in [4.69, 9.17) is 4.74 Å². The van der Waals surface area contributed by atoms with Crippen molar-refractivity contribution in [2.24, 2.45) is 0 Å². The lowest BCUT2D eigenvalue weighted by molar-refractivity contribution is 0.210. The second-order valence-electron chi connectivity index (χ2n) is 3.63. The normalized spacial score (nSPS) is 17.3. The standard InChI is InChI=1S/C11H12Br2O/c12-8-5-9(13)7-11(6-8)14-10-3-1-2-4-10/h5-7,10H,1-4H2. The highest BCUT2D eigenvalue weighted by Crippen LogP contribution is 2.29. The average molecular weight is 320 g/mol. The predicted molar refractivity (Wildman–Crippen MR) is 64.7 cm³/mol. The molecule has 1 saturated carbocycles. The molecule has 1 fully saturated rings. The van der Waals surface area contributed by atoms with E-state index in [0.717, 1.165) is 14.7 Å². The van der Waals surface area contributed by atoms with Gasteiger partial charge in [-0.05, 0) is 43.9 Å². The maximum absolute atomic E-state index is 5.88. The molecule has 0 heterocycles. The van der Waals surface area contributed by atoms with Gasteiger partial charge >= 0.3 is 0 Å². The lowest BCUT2D eigenvalue weighted by Crippen LogP contribution is -2.10. The molecule has 14 heavy (non-hydrogen) atoms. The van der Waals surface area contributed by atoms with Crippen LogP contribution >= 0.6 is 31.9 Å². The molecule has 0 amide bonds. The maximum atomic E-state index is 5.88. The van der Waals surface area contributed by atoms with Gasteiger partial charge in [-0.15, -0.1) is 0 Å². The molecule has 0 aromatic heterocycles. The minimum Gasteiger partial charge on any atom is -0.490 e. The van der Waals surface area contributed by atoms with Gasteiger partial charge in [0.2, 0.25) is 0 Å². The van der Waals surface area contributed by atoms with E-state index >= 15 is 0 Å². The number of hydrogen-bond acceptors (Lipinski definition) is 1. The summed E-state index contributed by atoms with van der Waals surface area (Å²) in [4.78, 5) is 0. The van der Waals surface area contributed by atoms with Crippen LogP contribution in [0.3, 0.4) is 0 Å². The lowest BCUT2D eigenvalue weighted by Gasteiger charge is -2.13. The molecule has 1 aromatic carbocycles. The Morgan fingerprint density at radius 3 is 2.14 bits per heavy atom. The van der Waals surface area contributed by atoms with Gasteiger partial charge in [0.15, 0.2) is 0 Å². The second-order valence-corrected chi connectivity index (χ2v) is 5.46. The maximum Gasteiger partial charge on any atom is 0.121 e. The number of benzene rings is 1. The van der Waals surface area contributed by atoms with Gasteiger partial charge in [0.25, 0.3) is 0 Å². The molecule has 0 unspecified atom stereocenters. The molecule has 1 aromatic rings. The molecular weight excluding hydrogens is 308 g/mol. The van der Waals surface area contributed by atoms with Crippen molar-refractivity contribution in [3.8, 4) is 5.75 Å². The number of ether oxygens (including phenoxy) is 1. The highest BCUT2D eigenvalue weighted by Gasteiger charge is 2.16. The summed E-state index contributed by atoms with van der Waals surface area (Å²) in [5, 5.41) is 0. The molecule has 0 spiro atoms. The van der Waals surface area contributed by atoms with Crippen LogP contribution in [-0.4, -0.2) is 6.10 Å². The molecule has 2 rings (SSSR count). The summed E-state index contributed by atoms with van der Waals surface area (Å²) in [5.41, 5.74) is 0. The van der Waals surface area contributed by atoms with Gasteiger partial charge < -0.3 is 4.74 Å². The minimum absolute atomic E-state index is 0.427. The number of halogens is 2. The van der Waals surface area contributed by atoms with E-state index in [1.807, 2.05) is 18.2 Å². The summed E-state index contributed by atoms with van der Waals surface area (Å²) in [5.74, 6) is 0.957. The first-order valence-corrected chi connectivity index (χ1v) is 6.45. The van der Waals surface area contributed by atoms with Crippen molar-refractivity contribution in [2.75, 3.05) is 0 Å². The van der Waals surface area contributed by atoms with Crippen LogP contribution in [0, 0.1) is 0 Å². The van der Waals surface area contributed by atoms with Gasteiger partial charge in [0.1, 0.15) is 5.75 Å². The molecule has 0 bridgehead atoms. The van der Waals surface area contributed by atoms with E-state index in [-0.39, 0.29) is 0 Å². The summed E-state index contributed by atoms with van der Waals surface area (Å²) in [6, 6.07) is 6.05. The second kappa shape index (κ2) is 4.67. The highest BCUT2D eigenvalue weighted by atomic mass is 79.9. The van der Waals surface area contributed by atoms with Crippen LogP contribution in [0.4, 0.5) is 0 Å². The first-order valence-electron chi connectivity index (χ1n) is 4.87. The third kappa shape index (κ3) is 2.74. The Balaban J connectivity index is 2.07. The Labute approximate surface area is 101 Å². The Hall–Kier alpha value is -0.0200. The van der Waals surface area contributed by atoms with Gasteiger partial charge in [-0.1, -0.05) is 31.9 Å². The van der Waals surface area contributed by atoms with Crippen molar-refractivity contribution in [1.82, 2.24) is 0 Å². The molecule has 1 aliphatic carbocycles. The monoisotopic (exact) mass is 318 g/mol. The zero-order chi connectivity index (χ0) is 9.97. The highest BCUT2D eigenvalue weighted by molar-refractivity contribution is 9.11. The number of rotatable bonds is 2. The van der Waals surface area contributed by atoms with Crippen molar-refractivity contribution >= 4 is 31.9 Å². The molecule has 0 N–H and O–H groups in total. The molecule has 3 heteroatoms. The van der Waals surface area contributed by atoms with Crippen LogP contribution in [0.25, 0.3) is 0 Å². The van der Waals surface area contributed by atoms with Crippen molar-refractivity contribution in [3.63, 3.8) is 0 Å². The fraction of sp³-hybridized carbons (Fsp3) is 0.455. The fourth-order valence-electron chi connectivity index (χ4n) is 1.80. The molecule has 76 valence electrons. The SMILES string of the molecule is Brc1cc(Br)cc(OC2CCCC2)c1. The molecule has 1 nitrogen and oxygen atoms in total. The van der Waals surface area contributed by atoms with Gasteiger partial charge in [0, 0.05) is 8.95 Å². The summed E-state index contributed by atoms with van der Waals surface area (Å²) >= 11 is 6.90. The predicted octanol–water partition coefficient (Wildman–Crippen LogP) is 4.53. The van der Waals surface area contributed by atoms with Crippen LogP contribution < -0.4 is 4.74 Å². The largest absolute Gasteiger partial charge is 0.490 e. The summed E-state index contributed by atoms with van der Waals surface area (Å²) in [7, 11) is 0. The van der Waals surface area contributed by atoms with E-state index in [1.54, 1.807) is 0 Å². The summed E-state index contributed by atoms with van der Waals surface area (Å²) in [6.45, 7) is 0. The molecule has 0 aliphatic heterocycles. The van der Waals surface area contributed by atoms with Crippen LogP contribution in [0.15, 0.2) is 27.1 Å². The van der Waals surface area contributed by atoms with Gasteiger partial charge in [-0.2, -0.15) is 0 Å². The third-order valence-corrected chi connectivity index (χ3v) is 3.36. The van der Waals surface area contributed by atoms with E-state index in [1.165, 1.54) is 25.7 Å². The smallest absolute Gasteiger partial charge is 0.121 e.